The molecule has 0 saturated heterocycles. The molecule has 0 spiro atoms. The summed E-state index contributed by atoms with van der Waals surface area (Å²) in [6.45, 7) is 3.77. The molecule has 5 heteroatoms. The minimum absolute atomic E-state index is 0.0164. The minimum atomic E-state index is 0.0164. The predicted molar refractivity (Wildman–Crippen MR) is 77.0 cm³/mol. The Balaban J connectivity index is 2.12. The van der Waals surface area contributed by atoms with Crippen LogP contribution in [0.5, 0.6) is 0 Å². The summed E-state index contributed by atoms with van der Waals surface area (Å²) in [5.41, 5.74) is 7.31. The number of carbonyl (C=O) groups is 1. The van der Waals surface area contributed by atoms with Crippen molar-refractivity contribution in [3.8, 4) is 0 Å². The molecule has 0 heterocycles. The van der Waals surface area contributed by atoms with Gasteiger partial charge in [0, 0.05) is 18.0 Å². The lowest BCUT2D eigenvalue weighted by Crippen LogP contribution is -2.15. The number of hydrogen-bond acceptors (Lipinski definition) is 4. The second kappa shape index (κ2) is 8.97. The number of aryl methyl sites for hydroxylation is 1. The van der Waals surface area contributed by atoms with Crippen LogP contribution in [-0.4, -0.2) is 37.2 Å². The van der Waals surface area contributed by atoms with Gasteiger partial charge >= 0.3 is 0 Å². The van der Waals surface area contributed by atoms with Crippen LogP contribution in [0.2, 0.25) is 0 Å². The van der Waals surface area contributed by atoms with Gasteiger partial charge < -0.3 is 15.8 Å². The van der Waals surface area contributed by atoms with Crippen molar-refractivity contribution in [1.29, 1.82) is 0 Å². The molecule has 3 N–H and O–H groups in total. The predicted octanol–water partition coefficient (Wildman–Crippen LogP) is 1.64. The van der Waals surface area contributed by atoms with Gasteiger partial charge in [-0.2, -0.15) is 0 Å². The van der Waals surface area contributed by atoms with Crippen LogP contribution in [0.3, 0.4) is 0 Å². The summed E-state index contributed by atoms with van der Waals surface area (Å²) in [4.78, 5) is 11.6. The van der Waals surface area contributed by atoms with E-state index >= 15 is 0 Å². The molecule has 1 aromatic rings. The quantitative estimate of drug-likeness (QED) is 0.704. The van der Waals surface area contributed by atoms with Crippen molar-refractivity contribution in [1.82, 2.24) is 0 Å². The molecule has 0 aliphatic rings. The third-order valence-corrected chi connectivity index (χ3v) is 3.12. The highest BCUT2D eigenvalue weighted by atomic mass is 32.2. The van der Waals surface area contributed by atoms with Crippen LogP contribution >= 0.6 is 11.8 Å². The fourth-order valence-electron chi connectivity index (χ4n) is 1.30. The first-order valence-corrected chi connectivity index (χ1v) is 7.10. The topological polar surface area (TPSA) is 64.3 Å². The Morgan fingerprint density at radius 1 is 1.33 bits per heavy atom. The highest BCUT2D eigenvalue weighted by Gasteiger charge is 2.02. The van der Waals surface area contributed by atoms with Crippen molar-refractivity contribution in [3.63, 3.8) is 0 Å². The van der Waals surface area contributed by atoms with Gasteiger partial charge in [0.15, 0.2) is 0 Å². The van der Waals surface area contributed by atoms with Crippen molar-refractivity contribution in [2.75, 3.05) is 36.6 Å². The third-order valence-electron chi connectivity index (χ3n) is 2.20. The lowest BCUT2D eigenvalue weighted by molar-refractivity contribution is -0.113. The Kier molecular flexibility index (Phi) is 7.48. The largest absolute Gasteiger partial charge is 0.379 e. The molecule has 18 heavy (non-hydrogen) atoms. The van der Waals surface area contributed by atoms with E-state index in [1.807, 2.05) is 31.2 Å². The van der Waals surface area contributed by atoms with Crippen LogP contribution in [0.1, 0.15) is 5.56 Å². The second-order valence-corrected chi connectivity index (χ2v) is 4.97. The molecule has 1 rings (SSSR count). The summed E-state index contributed by atoms with van der Waals surface area (Å²) < 4.78 is 5.22. The molecule has 0 atom stereocenters. The Morgan fingerprint density at radius 2 is 2.06 bits per heavy atom. The van der Waals surface area contributed by atoms with E-state index in [1.165, 1.54) is 5.56 Å². The zero-order chi connectivity index (χ0) is 13.2. The lowest BCUT2D eigenvalue weighted by atomic mass is 10.2. The van der Waals surface area contributed by atoms with Gasteiger partial charge in [-0.15, -0.1) is 11.8 Å². The second-order valence-electron chi connectivity index (χ2n) is 3.87. The number of ether oxygens (including phenoxy) is 1. The summed E-state index contributed by atoms with van der Waals surface area (Å²) in [6.07, 6.45) is 0. The summed E-state index contributed by atoms with van der Waals surface area (Å²) in [5, 5.41) is 2.85. The zero-order valence-corrected chi connectivity index (χ0v) is 11.5. The fourth-order valence-corrected chi connectivity index (χ4v) is 1.94. The normalized spacial score (nSPS) is 10.3. The molecule has 0 saturated carbocycles. The smallest absolute Gasteiger partial charge is 0.234 e. The SMILES string of the molecule is Cc1ccc(NC(=O)CSCCOCCN)cc1. The van der Waals surface area contributed by atoms with Gasteiger partial charge in [0.05, 0.1) is 19.0 Å². The van der Waals surface area contributed by atoms with Crippen molar-refractivity contribution < 1.29 is 9.53 Å². The first kappa shape index (κ1) is 15.0. The van der Waals surface area contributed by atoms with Gasteiger partial charge in [0.2, 0.25) is 5.91 Å². The molecular weight excluding hydrogens is 248 g/mol. The fraction of sp³-hybridized carbons (Fsp3) is 0.462. The number of hydrogen-bond donors (Lipinski definition) is 2. The molecule has 0 bridgehead atoms. The Morgan fingerprint density at radius 3 is 2.72 bits per heavy atom. The molecule has 1 amide bonds. The standard InChI is InChI=1S/C13H20N2O2S/c1-11-2-4-12(5-3-11)15-13(16)10-18-9-8-17-7-6-14/h2-5H,6-10,14H2,1H3,(H,15,16). The number of nitrogens with one attached hydrogen (secondary N) is 1. The average molecular weight is 268 g/mol. The van der Waals surface area contributed by atoms with E-state index in [2.05, 4.69) is 5.32 Å². The van der Waals surface area contributed by atoms with Crippen molar-refractivity contribution in [2.24, 2.45) is 5.73 Å². The summed E-state index contributed by atoms with van der Waals surface area (Å²) >= 11 is 1.56. The third kappa shape index (κ3) is 6.64. The summed E-state index contributed by atoms with van der Waals surface area (Å²) in [6, 6.07) is 7.76. The van der Waals surface area contributed by atoms with Crippen LogP contribution in [0.4, 0.5) is 5.69 Å². The zero-order valence-electron chi connectivity index (χ0n) is 10.6. The highest BCUT2D eigenvalue weighted by molar-refractivity contribution is 7.99. The van der Waals surface area contributed by atoms with Gasteiger partial charge in [0.1, 0.15) is 0 Å². The molecule has 0 unspecified atom stereocenters. The van der Waals surface area contributed by atoms with Crippen LogP contribution < -0.4 is 11.1 Å². The van der Waals surface area contributed by atoms with E-state index < -0.39 is 0 Å². The van der Waals surface area contributed by atoms with E-state index in [0.29, 0.717) is 25.5 Å². The van der Waals surface area contributed by atoms with E-state index in [9.17, 15) is 4.79 Å². The van der Waals surface area contributed by atoms with Gasteiger partial charge in [0.25, 0.3) is 0 Å². The van der Waals surface area contributed by atoms with E-state index in [4.69, 9.17) is 10.5 Å². The maximum Gasteiger partial charge on any atom is 0.234 e. The van der Waals surface area contributed by atoms with Crippen LogP contribution in [-0.2, 0) is 9.53 Å². The van der Waals surface area contributed by atoms with Crippen molar-refractivity contribution in [3.05, 3.63) is 29.8 Å². The number of benzene rings is 1. The van der Waals surface area contributed by atoms with Crippen molar-refractivity contribution >= 4 is 23.4 Å². The van der Waals surface area contributed by atoms with Crippen LogP contribution in [0.15, 0.2) is 24.3 Å². The van der Waals surface area contributed by atoms with Crippen LogP contribution in [0.25, 0.3) is 0 Å². The summed E-state index contributed by atoms with van der Waals surface area (Å²) in [7, 11) is 0. The lowest BCUT2D eigenvalue weighted by Gasteiger charge is -2.05. The minimum Gasteiger partial charge on any atom is -0.379 e. The maximum absolute atomic E-state index is 11.6. The van der Waals surface area contributed by atoms with Gasteiger partial charge in [-0.05, 0) is 19.1 Å². The molecule has 4 nitrogen and oxygen atoms in total. The Labute approximate surface area is 112 Å². The van der Waals surface area contributed by atoms with E-state index in [0.717, 1.165) is 11.4 Å². The molecule has 100 valence electrons. The Hall–Kier alpha value is -1.04. The van der Waals surface area contributed by atoms with Gasteiger partial charge in [-0.1, -0.05) is 17.7 Å². The van der Waals surface area contributed by atoms with Crippen LogP contribution in [0, 0.1) is 6.92 Å². The molecule has 0 aromatic heterocycles. The first-order valence-electron chi connectivity index (χ1n) is 5.94. The molecule has 0 radical (unpaired) electrons. The highest BCUT2D eigenvalue weighted by Crippen LogP contribution is 2.09. The average Bonchev–Trinajstić information content (AvgIpc) is 2.36. The summed E-state index contributed by atoms with van der Waals surface area (Å²) in [5.74, 6) is 1.27. The van der Waals surface area contributed by atoms with E-state index in [1.54, 1.807) is 11.8 Å². The maximum atomic E-state index is 11.6. The number of amides is 1. The molecule has 0 aliphatic heterocycles. The van der Waals surface area contributed by atoms with Gasteiger partial charge in [-0.25, -0.2) is 0 Å². The molecule has 0 aliphatic carbocycles. The molecule has 1 aromatic carbocycles. The monoisotopic (exact) mass is 268 g/mol. The number of carbonyl (C=O) groups excluding carboxylic acids is 1. The molecular formula is C13H20N2O2S. The number of nitrogens with two attached hydrogens (primary N) is 1. The number of rotatable bonds is 8. The van der Waals surface area contributed by atoms with Gasteiger partial charge in [-0.3, -0.25) is 4.79 Å². The Bertz CT molecular complexity index is 355. The first-order chi connectivity index (χ1) is 8.72. The number of thioether (sulfide) groups is 1. The molecule has 0 fully saturated rings. The van der Waals surface area contributed by atoms with E-state index in [-0.39, 0.29) is 5.91 Å². The number of anilines is 1. The van der Waals surface area contributed by atoms with Crippen molar-refractivity contribution in [2.45, 2.75) is 6.92 Å².